The molecule has 1 aromatic carbocycles. The van der Waals surface area contributed by atoms with Crippen molar-refractivity contribution in [2.24, 2.45) is 11.8 Å². The summed E-state index contributed by atoms with van der Waals surface area (Å²) in [5.41, 5.74) is 0. The number of rotatable bonds is 6. The highest BCUT2D eigenvalue weighted by Crippen LogP contribution is 2.29. The van der Waals surface area contributed by atoms with Crippen LogP contribution >= 0.6 is 0 Å². The summed E-state index contributed by atoms with van der Waals surface area (Å²) in [4.78, 5) is 12.5. The number of nitrogens with zero attached hydrogens (tertiary/aromatic N) is 1. The molecule has 0 spiro atoms. The Hall–Kier alpha value is -1.60. The Bertz CT molecular complexity index is 695. The minimum atomic E-state index is -3.61. The molecule has 0 bridgehead atoms. The van der Waals surface area contributed by atoms with Crippen molar-refractivity contribution in [1.82, 2.24) is 9.62 Å². The molecule has 6 nitrogen and oxygen atoms in total. The van der Waals surface area contributed by atoms with E-state index in [0.29, 0.717) is 37.6 Å². The molecule has 1 N–H and O–H groups in total. The van der Waals surface area contributed by atoms with Crippen LogP contribution in [0.3, 0.4) is 0 Å². The highest BCUT2D eigenvalue weighted by molar-refractivity contribution is 7.89. The van der Waals surface area contributed by atoms with E-state index >= 15 is 0 Å². The molecule has 1 aliphatic heterocycles. The Morgan fingerprint density at radius 2 is 1.80 bits per heavy atom. The fourth-order valence-corrected chi connectivity index (χ4v) is 4.46. The number of methoxy groups -OCH3 is 1. The normalized spacial score (nSPS) is 18.1. The van der Waals surface area contributed by atoms with E-state index < -0.39 is 10.0 Å². The average Bonchev–Trinajstić information content (AvgIpc) is 2.61. The Kier molecular flexibility index (Phi) is 6.46. The lowest BCUT2D eigenvalue weighted by atomic mass is 9.96. The molecule has 7 heteroatoms. The number of carbonyl (C=O) groups is 1. The largest absolute Gasteiger partial charge is 0.495 e. The predicted octanol–water partition coefficient (Wildman–Crippen LogP) is 2.26. The van der Waals surface area contributed by atoms with Crippen molar-refractivity contribution < 1.29 is 17.9 Å². The first-order valence-electron chi connectivity index (χ1n) is 8.71. The third-order valence-corrected chi connectivity index (χ3v) is 6.82. The van der Waals surface area contributed by atoms with Crippen LogP contribution in [-0.2, 0) is 14.8 Å². The second kappa shape index (κ2) is 8.19. The van der Waals surface area contributed by atoms with Crippen molar-refractivity contribution in [2.45, 2.75) is 44.6 Å². The second-order valence-corrected chi connectivity index (χ2v) is 8.78. The van der Waals surface area contributed by atoms with Gasteiger partial charge in [0, 0.05) is 25.0 Å². The maximum Gasteiger partial charge on any atom is 0.246 e. The lowest BCUT2D eigenvalue weighted by Crippen LogP contribution is -2.45. The summed E-state index contributed by atoms with van der Waals surface area (Å²) >= 11 is 0. The summed E-state index contributed by atoms with van der Waals surface area (Å²) in [5, 5.41) is 3.03. The number of ether oxygens (including phenoxy) is 1. The number of sulfonamides is 1. The van der Waals surface area contributed by atoms with Crippen LogP contribution in [0.2, 0.25) is 0 Å². The van der Waals surface area contributed by atoms with Crippen molar-refractivity contribution >= 4 is 15.9 Å². The summed E-state index contributed by atoms with van der Waals surface area (Å²) in [6, 6.07) is 6.73. The first-order valence-corrected chi connectivity index (χ1v) is 10.1. The van der Waals surface area contributed by atoms with Gasteiger partial charge in [-0.05, 0) is 37.8 Å². The third-order valence-electron chi connectivity index (χ3n) is 4.88. The van der Waals surface area contributed by atoms with Gasteiger partial charge in [-0.25, -0.2) is 8.42 Å². The van der Waals surface area contributed by atoms with E-state index in [-0.39, 0.29) is 22.8 Å². The number of carbonyl (C=O) groups excluding carboxylic acids is 1. The number of amides is 1. The molecule has 25 heavy (non-hydrogen) atoms. The maximum absolute atomic E-state index is 12.9. The third kappa shape index (κ3) is 4.52. The van der Waals surface area contributed by atoms with Crippen LogP contribution in [0.15, 0.2) is 29.2 Å². The predicted molar refractivity (Wildman–Crippen MR) is 96.9 cm³/mol. The average molecular weight is 368 g/mol. The molecule has 1 aromatic rings. The molecule has 2 rings (SSSR count). The van der Waals surface area contributed by atoms with E-state index in [1.807, 2.05) is 6.92 Å². The van der Waals surface area contributed by atoms with Crippen molar-refractivity contribution in [1.29, 1.82) is 0 Å². The van der Waals surface area contributed by atoms with Gasteiger partial charge in [0.1, 0.15) is 10.6 Å². The van der Waals surface area contributed by atoms with Crippen LogP contribution in [0, 0.1) is 11.8 Å². The summed E-state index contributed by atoms with van der Waals surface area (Å²) in [5.74, 6) is 0.601. The first kappa shape index (κ1) is 19.7. The fraction of sp³-hybridized carbons (Fsp3) is 0.611. The smallest absolute Gasteiger partial charge is 0.246 e. The first-order chi connectivity index (χ1) is 11.8. The van der Waals surface area contributed by atoms with Gasteiger partial charge < -0.3 is 10.1 Å². The topological polar surface area (TPSA) is 75.7 Å². The number of hydrogen-bond donors (Lipinski definition) is 1. The molecule has 1 fully saturated rings. The van der Waals surface area contributed by atoms with E-state index in [4.69, 9.17) is 4.74 Å². The van der Waals surface area contributed by atoms with Crippen molar-refractivity contribution in [3.05, 3.63) is 24.3 Å². The molecule has 0 radical (unpaired) electrons. The molecule has 140 valence electrons. The minimum Gasteiger partial charge on any atom is -0.495 e. The molecule has 1 aliphatic rings. The molecule has 0 saturated carbocycles. The highest BCUT2D eigenvalue weighted by atomic mass is 32.2. The summed E-state index contributed by atoms with van der Waals surface area (Å²) < 4.78 is 32.3. The lowest BCUT2D eigenvalue weighted by Gasteiger charge is -2.31. The van der Waals surface area contributed by atoms with Crippen LogP contribution in [0.4, 0.5) is 0 Å². The van der Waals surface area contributed by atoms with E-state index in [2.05, 4.69) is 19.2 Å². The molecule has 1 unspecified atom stereocenters. The summed E-state index contributed by atoms with van der Waals surface area (Å²) in [6.07, 6.45) is 1.07. The van der Waals surface area contributed by atoms with Gasteiger partial charge in [0.15, 0.2) is 0 Å². The Morgan fingerprint density at radius 1 is 1.20 bits per heavy atom. The van der Waals surface area contributed by atoms with Crippen molar-refractivity contribution in [3.8, 4) is 5.75 Å². The zero-order valence-corrected chi connectivity index (χ0v) is 16.2. The number of para-hydroxylation sites is 1. The van der Waals surface area contributed by atoms with Gasteiger partial charge in [-0.15, -0.1) is 0 Å². The van der Waals surface area contributed by atoms with E-state index in [9.17, 15) is 13.2 Å². The van der Waals surface area contributed by atoms with Gasteiger partial charge >= 0.3 is 0 Å². The monoisotopic (exact) mass is 368 g/mol. The maximum atomic E-state index is 12.9. The molecule has 0 aromatic heterocycles. The summed E-state index contributed by atoms with van der Waals surface area (Å²) in [7, 11) is -2.15. The summed E-state index contributed by atoms with van der Waals surface area (Å²) in [6.45, 7) is 6.80. The number of nitrogens with one attached hydrogen (secondary N) is 1. The molecular formula is C18H28N2O4S. The van der Waals surface area contributed by atoms with E-state index in [0.717, 1.165) is 0 Å². The lowest BCUT2D eigenvalue weighted by molar-refractivity contribution is -0.127. The van der Waals surface area contributed by atoms with Gasteiger partial charge in [-0.1, -0.05) is 26.0 Å². The van der Waals surface area contributed by atoms with Crippen molar-refractivity contribution in [2.75, 3.05) is 20.2 Å². The molecule has 0 aliphatic carbocycles. The Morgan fingerprint density at radius 3 is 2.36 bits per heavy atom. The fourth-order valence-electron chi connectivity index (χ4n) is 2.84. The van der Waals surface area contributed by atoms with Crippen LogP contribution < -0.4 is 10.1 Å². The minimum absolute atomic E-state index is 0.0236. The zero-order chi connectivity index (χ0) is 18.6. The SMILES string of the molecule is COc1ccccc1S(=O)(=O)N1CCC(C(=O)NC(C)C(C)C)CC1. The van der Waals surface area contributed by atoms with Gasteiger partial charge in [0.2, 0.25) is 15.9 Å². The van der Waals surface area contributed by atoms with E-state index in [1.165, 1.54) is 11.4 Å². The van der Waals surface area contributed by atoms with Gasteiger partial charge in [0.25, 0.3) is 0 Å². The quantitative estimate of drug-likeness (QED) is 0.836. The van der Waals surface area contributed by atoms with Gasteiger partial charge in [-0.2, -0.15) is 4.31 Å². The number of piperidine rings is 1. The highest BCUT2D eigenvalue weighted by Gasteiger charge is 2.33. The molecular weight excluding hydrogens is 340 g/mol. The standard InChI is InChI=1S/C18H28N2O4S/c1-13(2)14(3)19-18(21)15-9-11-20(12-10-15)25(22,23)17-8-6-5-7-16(17)24-4/h5-8,13-15H,9-12H2,1-4H3,(H,19,21). The number of benzene rings is 1. The molecule has 1 heterocycles. The van der Waals surface area contributed by atoms with Crippen LogP contribution in [-0.4, -0.2) is 44.9 Å². The van der Waals surface area contributed by atoms with Gasteiger partial charge in [0.05, 0.1) is 7.11 Å². The van der Waals surface area contributed by atoms with Crippen molar-refractivity contribution in [3.63, 3.8) is 0 Å². The Labute approximate surface area is 150 Å². The molecule has 1 amide bonds. The Balaban J connectivity index is 2.03. The van der Waals surface area contributed by atoms with Crippen LogP contribution in [0.5, 0.6) is 5.75 Å². The van der Waals surface area contributed by atoms with E-state index in [1.54, 1.807) is 24.3 Å². The second-order valence-electron chi connectivity index (χ2n) is 6.87. The molecule has 1 saturated heterocycles. The van der Waals surface area contributed by atoms with Gasteiger partial charge in [-0.3, -0.25) is 4.79 Å². The zero-order valence-electron chi connectivity index (χ0n) is 15.4. The molecule has 1 atom stereocenters. The van der Waals surface area contributed by atoms with Crippen LogP contribution in [0.25, 0.3) is 0 Å². The van der Waals surface area contributed by atoms with Crippen LogP contribution in [0.1, 0.15) is 33.6 Å². The number of hydrogen-bond acceptors (Lipinski definition) is 4.